The van der Waals surface area contributed by atoms with E-state index in [4.69, 9.17) is 0 Å². The summed E-state index contributed by atoms with van der Waals surface area (Å²) in [4.78, 5) is 16.2. The highest BCUT2D eigenvalue weighted by Crippen LogP contribution is 2.47. The summed E-state index contributed by atoms with van der Waals surface area (Å²) in [6, 6.07) is 61.0. The van der Waals surface area contributed by atoms with Crippen LogP contribution in [0, 0.1) is 0 Å². The zero-order valence-electron chi connectivity index (χ0n) is 34.1. The fourth-order valence-electron chi connectivity index (χ4n) is 8.97. The average molecular weight is 907 g/mol. The fourth-order valence-corrected chi connectivity index (χ4v) is 15.6. The van der Waals surface area contributed by atoms with Crippen molar-refractivity contribution in [2.24, 2.45) is 0 Å². The molecule has 4 aromatic carbocycles. The van der Waals surface area contributed by atoms with Crippen LogP contribution in [0.5, 0.6) is 0 Å². The molecule has 0 atom stereocenters. The standard InChI is InChI=1S/C56H42S6/c1-5-37-6-2-35(1)9-11-39-15-19-41(17-13-37)43(33-39)45-21-23-47(57-45)49-25-27-51(59-49)53-29-31-55(61-53)56-32-30-54(62-56)52-28-26-50(60-52)48-24-22-46(58-48)44-34-40-12-10-36-3-7-38(8-4-36)14-18-42(44)20-16-40/h1-8,15-16,19-34H,9-14,17-18H2. The van der Waals surface area contributed by atoms with Gasteiger partial charge in [0.25, 0.3) is 0 Å². The Morgan fingerprint density at radius 2 is 0.403 bits per heavy atom. The van der Waals surface area contributed by atoms with Crippen molar-refractivity contribution in [1.82, 2.24) is 0 Å². The van der Waals surface area contributed by atoms with Gasteiger partial charge < -0.3 is 0 Å². The van der Waals surface area contributed by atoms with Gasteiger partial charge >= 0.3 is 0 Å². The number of benzene rings is 4. The van der Waals surface area contributed by atoms with Crippen LogP contribution in [-0.4, -0.2) is 0 Å². The molecule has 6 heterocycles. The minimum Gasteiger partial charge on any atom is -0.134 e. The van der Waals surface area contributed by atoms with E-state index in [1.165, 1.54) is 114 Å². The molecule has 0 amide bonds. The van der Waals surface area contributed by atoms with Crippen molar-refractivity contribution >= 4 is 68.0 Å². The predicted molar refractivity (Wildman–Crippen MR) is 274 cm³/mol. The monoisotopic (exact) mass is 906 g/mol. The summed E-state index contributed by atoms with van der Waals surface area (Å²) in [7, 11) is 0. The first-order chi connectivity index (χ1) is 30.6. The predicted octanol–water partition coefficient (Wildman–Crippen LogP) is 17.5. The lowest BCUT2D eigenvalue weighted by atomic mass is 9.93. The lowest BCUT2D eigenvalue weighted by Gasteiger charge is -2.13. The molecule has 0 N–H and O–H groups in total. The van der Waals surface area contributed by atoms with Crippen molar-refractivity contribution in [1.29, 1.82) is 0 Å². The average Bonchev–Trinajstić information content (AvgIpc) is 4.15. The second kappa shape index (κ2) is 16.7. The summed E-state index contributed by atoms with van der Waals surface area (Å²) < 4.78 is 0. The van der Waals surface area contributed by atoms with E-state index >= 15 is 0 Å². The molecule has 0 unspecified atom stereocenters. The molecule has 10 aromatic rings. The van der Waals surface area contributed by atoms with Crippen molar-refractivity contribution in [3.8, 4) is 69.7 Å². The van der Waals surface area contributed by atoms with Crippen LogP contribution in [-0.2, 0) is 51.4 Å². The molecule has 62 heavy (non-hydrogen) atoms. The van der Waals surface area contributed by atoms with Gasteiger partial charge in [0.05, 0.1) is 0 Å². The third kappa shape index (κ3) is 7.87. The van der Waals surface area contributed by atoms with E-state index in [1.807, 2.05) is 68.0 Å². The minimum absolute atomic E-state index is 1.06. The molecule has 0 saturated carbocycles. The lowest BCUT2D eigenvalue weighted by Crippen LogP contribution is -1.99. The molecule has 0 fully saturated rings. The largest absolute Gasteiger partial charge is 0.134 e. The van der Waals surface area contributed by atoms with E-state index in [-0.39, 0.29) is 0 Å². The second-order valence-electron chi connectivity index (χ2n) is 16.6. The van der Waals surface area contributed by atoms with E-state index in [2.05, 4.69) is 158 Å². The molecule has 8 bridgehead atoms. The first kappa shape index (κ1) is 38.7. The highest BCUT2D eigenvalue weighted by Gasteiger charge is 2.18. The SMILES string of the molecule is c1cc2ccc1CCc1ccc(c(-c3ccc(-c4ccc(-c5ccc(-c6ccc(-c7ccc(-c8ccc(-c9cc%10ccc9CCc9ccc(cc9)CC%10)s8)s7)s6)s5)s4)s3)c1)CC2. The molecule has 0 aliphatic heterocycles. The molecule has 0 radical (unpaired) electrons. The molecule has 18 rings (SSSR count). The van der Waals surface area contributed by atoms with Gasteiger partial charge in [-0.15, -0.1) is 68.0 Å². The smallest absolute Gasteiger partial charge is 0.0449 e. The van der Waals surface area contributed by atoms with E-state index in [0.717, 1.165) is 51.4 Å². The summed E-state index contributed by atoms with van der Waals surface area (Å²) in [5.74, 6) is 0. The Hall–Kier alpha value is -4.92. The Morgan fingerprint density at radius 3 is 0.694 bits per heavy atom. The third-order valence-electron chi connectivity index (χ3n) is 12.5. The zero-order valence-corrected chi connectivity index (χ0v) is 39.0. The number of rotatable bonds is 7. The Balaban J connectivity index is 0.741. The summed E-state index contributed by atoms with van der Waals surface area (Å²) in [5, 5.41) is 0. The van der Waals surface area contributed by atoms with Gasteiger partial charge in [-0.05, 0) is 180 Å². The van der Waals surface area contributed by atoms with Crippen LogP contribution in [0.25, 0.3) is 69.7 Å². The summed E-state index contributed by atoms with van der Waals surface area (Å²) in [6.45, 7) is 0. The second-order valence-corrected chi connectivity index (χ2v) is 23.1. The van der Waals surface area contributed by atoms with Gasteiger partial charge in [-0.1, -0.05) is 84.9 Å². The number of thiophene rings is 6. The summed E-state index contributed by atoms with van der Waals surface area (Å²) in [5.41, 5.74) is 14.3. The first-order valence-electron chi connectivity index (χ1n) is 21.6. The van der Waals surface area contributed by atoms with Crippen molar-refractivity contribution in [3.63, 3.8) is 0 Å². The van der Waals surface area contributed by atoms with Crippen LogP contribution in [0.15, 0.2) is 158 Å². The van der Waals surface area contributed by atoms with Crippen molar-refractivity contribution in [2.45, 2.75) is 51.4 Å². The molecule has 6 aromatic heterocycles. The van der Waals surface area contributed by atoms with Crippen LogP contribution >= 0.6 is 68.0 Å². The minimum atomic E-state index is 1.06. The molecule has 0 saturated heterocycles. The van der Waals surface area contributed by atoms with Gasteiger partial charge in [-0.25, -0.2) is 0 Å². The quantitative estimate of drug-likeness (QED) is 0.149. The van der Waals surface area contributed by atoms with E-state index in [1.54, 1.807) is 0 Å². The topological polar surface area (TPSA) is 0 Å². The third-order valence-corrected chi connectivity index (χ3v) is 20.1. The van der Waals surface area contributed by atoms with Gasteiger partial charge in [0, 0.05) is 58.5 Å². The molecule has 0 nitrogen and oxygen atoms in total. The normalized spacial score (nSPS) is 13.6. The molecule has 8 aliphatic rings. The highest BCUT2D eigenvalue weighted by atomic mass is 32.1. The molecule has 6 heteroatoms. The maximum atomic E-state index is 2.47. The number of aryl methyl sites for hydroxylation is 8. The van der Waals surface area contributed by atoms with Crippen molar-refractivity contribution in [2.75, 3.05) is 0 Å². The fraction of sp³-hybridized carbons (Fsp3) is 0.143. The Morgan fingerprint density at radius 1 is 0.194 bits per heavy atom. The van der Waals surface area contributed by atoms with Crippen LogP contribution in [0.2, 0.25) is 0 Å². The maximum Gasteiger partial charge on any atom is 0.0449 e. The van der Waals surface area contributed by atoms with Crippen molar-refractivity contribution < 1.29 is 0 Å². The van der Waals surface area contributed by atoms with Crippen molar-refractivity contribution in [3.05, 3.63) is 202 Å². The Bertz CT molecular complexity index is 2970. The first-order valence-corrected chi connectivity index (χ1v) is 26.5. The van der Waals surface area contributed by atoms with Crippen LogP contribution in [0.3, 0.4) is 0 Å². The lowest BCUT2D eigenvalue weighted by molar-refractivity contribution is 0.924. The van der Waals surface area contributed by atoms with Gasteiger partial charge in [-0.2, -0.15) is 0 Å². The van der Waals surface area contributed by atoms with Gasteiger partial charge in [-0.3, -0.25) is 0 Å². The highest BCUT2D eigenvalue weighted by molar-refractivity contribution is 7.30. The summed E-state index contributed by atoms with van der Waals surface area (Å²) in [6.07, 6.45) is 8.61. The molecule has 302 valence electrons. The molecular weight excluding hydrogens is 865 g/mol. The molecule has 0 spiro atoms. The maximum absolute atomic E-state index is 2.47. The molecule has 8 aliphatic carbocycles. The summed E-state index contributed by atoms with van der Waals surface area (Å²) >= 11 is 11.5. The van der Waals surface area contributed by atoms with E-state index in [9.17, 15) is 0 Å². The van der Waals surface area contributed by atoms with Crippen LogP contribution in [0.1, 0.15) is 44.5 Å². The van der Waals surface area contributed by atoms with Gasteiger partial charge in [0.2, 0.25) is 0 Å². The van der Waals surface area contributed by atoms with Gasteiger partial charge in [0.1, 0.15) is 0 Å². The van der Waals surface area contributed by atoms with E-state index in [0.29, 0.717) is 0 Å². The number of hydrogen-bond donors (Lipinski definition) is 0. The molecular formula is C56H42S6. The Labute approximate surface area is 388 Å². The van der Waals surface area contributed by atoms with Gasteiger partial charge in [0.15, 0.2) is 0 Å². The Kier molecular flexibility index (Phi) is 10.4. The van der Waals surface area contributed by atoms with Crippen LogP contribution < -0.4 is 0 Å². The van der Waals surface area contributed by atoms with Crippen LogP contribution in [0.4, 0.5) is 0 Å². The van der Waals surface area contributed by atoms with E-state index < -0.39 is 0 Å². The number of hydrogen-bond acceptors (Lipinski definition) is 6. The zero-order chi connectivity index (χ0) is 41.0.